The van der Waals surface area contributed by atoms with Crippen molar-refractivity contribution in [3.8, 4) is 0 Å². The van der Waals surface area contributed by atoms with Crippen LogP contribution in [-0.2, 0) is 20.0 Å². The van der Waals surface area contributed by atoms with Gasteiger partial charge in [0.2, 0.25) is 0 Å². The van der Waals surface area contributed by atoms with Crippen LogP contribution in [0.4, 0.5) is 0 Å². The van der Waals surface area contributed by atoms with E-state index in [0.29, 0.717) is 0 Å². The third kappa shape index (κ3) is 2.61. The van der Waals surface area contributed by atoms with Crippen LogP contribution in [0.3, 0.4) is 0 Å². The molecule has 1 atom stereocenters. The van der Waals surface area contributed by atoms with Gasteiger partial charge in [0.05, 0.1) is 11.4 Å². The van der Waals surface area contributed by atoms with Crippen molar-refractivity contribution in [1.29, 1.82) is 0 Å². The van der Waals surface area contributed by atoms with Crippen molar-refractivity contribution >= 4 is 0 Å². The molecule has 0 aliphatic rings. The van der Waals surface area contributed by atoms with Gasteiger partial charge in [-0.05, 0) is 38.8 Å². The number of hydrogen-bond acceptors (Lipinski definition) is 3. The van der Waals surface area contributed by atoms with Crippen LogP contribution in [0.2, 0.25) is 0 Å². The van der Waals surface area contributed by atoms with Crippen LogP contribution in [0.15, 0.2) is 18.3 Å². The highest BCUT2D eigenvalue weighted by atomic mass is 15.3. The SMILES string of the molecule is CCn1nc(C)cc1C(N)CCc1ccnn1C. The van der Waals surface area contributed by atoms with E-state index < -0.39 is 0 Å². The van der Waals surface area contributed by atoms with E-state index in [1.165, 1.54) is 5.69 Å². The van der Waals surface area contributed by atoms with Crippen molar-refractivity contribution in [3.63, 3.8) is 0 Å². The monoisotopic (exact) mass is 247 g/mol. The summed E-state index contributed by atoms with van der Waals surface area (Å²) < 4.78 is 3.89. The summed E-state index contributed by atoms with van der Waals surface area (Å²) in [4.78, 5) is 0. The van der Waals surface area contributed by atoms with Crippen molar-refractivity contribution in [2.75, 3.05) is 0 Å². The molecule has 0 aliphatic heterocycles. The molecule has 0 saturated carbocycles. The quantitative estimate of drug-likeness (QED) is 0.872. The van der Waals surface area contributed by atoms with E-state index >= 15 is 0 Å². The van der Waals surface area contributed by atoms with Crippen LogP contribution in [0, 0.1) is 6.92 Å². The van der Waals surface area contributed by atoms with Gasteiger partial charge in [-0.1, -0.05) is 0 Å². The molecule has 2 rings (SSSR count). The molecule has 1 unspecified atom stereocenters. The normalized spacial score (nSPS) is 12.9. The molecule has 5 nitrogen and oxygen atoms in total. The minimum atomic E-state index is 0.0287. The second-order valence-electron chi connectivity index (χ2n) is 4.62. The molecule has 0 bridgehead atoms. The Bertz CT molecular complexity index is 511. The first-order valence-corrected chi connectivity index (χ1v) is 6.38. The lowest BCUT2D eigenvalue weighted by Crippen LogP contribution is -2.17. The second kappa shape index (κ2) is 5.35. The zero-order valence-corrected chi connectivity index (χ0v) is 11.3. The highest BCUT2D eigenvalue weighted by Crippen LogP contribution is 2.17. The number of rotatable bonds is 5. The smallest absolute Gasteiger partial charge is 0.0597 e. The van der Waals surface area contributed by atoms with E-state index in [-0.39, 0.29) is 6.04 Å². The minimum absolute atomic E-state index is 0.0287. The van der Waals surface area contributed by atoms with Crippen LogP contribution < -0.4 is 5.73 Å². The Balaban J connectivity index is 2.03. The van der Waals surface area contributed by atoms with E-state index in [2.05, 4.69) is 23.2 Å². The number of hydrogen-bond donors (Lipinski definition) is 1. The Morgan fingerprint density at radius 1 is 1.44 bits per heavy atom. The van der Waals surface area contributed by atoms with Gasteiger partial charge in [-0.3, -0.25) is 9.36 Å². The topological polar surface area (TPSA) is 61.7 Å². The van der Waals surface area contributed by atoms with Crippen molar-refractivity contribution in [2.24, 2.45) is 12.8 Å². The highest BCUT2D eigenvalue weighted by Gasteiger charge is 2.13. The average molecular weight is 247 g/mol. The summed E-state index contributed by atoms with van der Waals surface area (Å²) in [5.74, 6) is 0. The summed E-state index contributed by atoms with van der Waals surface area (Å²) in [6, 6.07) is 4.15. The lowest BCUT2D eigenvalue weighted by Gasteiger charge is -2.13. The molecule has 5 heteroatoms. The Morgan fingerprint density at radius 2 is 2.22 bits per heavy atom. The van der Waals surface area contributed by atoms with Crippen LogP contribution in [-0.4, -0.2) is 19.6 Å². The van der Waals surface area contributed by atoms with Crippen molar-refractivity contribution in [2.45, 2.75) is 39.3 Å². The Labute approximate surface area is 108 Å². The van der Waals surface area contributed by atoms with Gasteiger partial charge in [0.25, 0.3) is 0 Å². The maximum atomic E-state index is 6.26. The number of nitrogens with two attached hydrogens (primary N) is 1. The van der Waals surface area contributed by atoms with Gasteiger partial charge in [0.15, 0.2) is 0 Å². The van der Waals surface area contributed by atoms with Gasteiger partial charge in [-0.2, -0.15) is 10.2 Å². The maximum absolute atomic E-state index is 6.26. The van der Waals surface area contributed by atoms with Crippen molar-refractivity contribution in [1.82, 2.24) is 19.6 Å². The summed E-state index contributed by atoms with van der Waals surface area (Å²) in [6.07, 6.45) is 3.66. The molecule has 0 spiro atoms. The number of aromatic nitrogens is 4. The van der Waals surface area contributed by atoms with E-state index in [1.807, 2.05) is 35.6 Å². The Kier molecular flexibility index (Phi) is 3.81. The standard InChI is InChI=1S/C13H21N5/c1-4-18-13(9-10(2)16-18)12(14)6-5-11-7-8-15-17(11)3/h7-9,12H,4-6,14H2,1-3H3. The fraction of sp³-hybridized carbons (Fsp3) is 0.538. The molecule has 0 radical (unpaired) electrons. The molecule has 18 heavy (non-hydrogen) atoms. The first-order chi connectivity index (χ1) is 8.61. The van der Waals surface area contributed by atoms with Gasteiger partial charge >= 0.3 is 0 Å². The lowest BCUT2D eigenvalue weighted by atomic mass is 10.1. The van der Waals surface area contributed by atoms with Crippen LogP contribution in [0.1, 0.15) is 36.5 Å². The molecular weight excluding hydrogens is 226 g/mol. The zero-order chi connectivity index (χ0) is 13.1. The van der Waals surface area contributed by atoms with Gasteiger partial charge < -0.3 is 5.73 Å². The molecule has 0 aliphatic carbocycles. The first kappa shape index (κ1) is 12.8. The van der Waals surface area contributed by atoms with Crippen LogP contribution in [0.5, 0.6) is 0 Å². The van der Waals surface area contributed by atoms with Gasteiger partial charge in [0, 0.05) is 31.5 Å². The summed E-state index contributed by atoms with van der Waals surface area (Å²) in [6.45, 7) is 4.95. The predicted molar refractivity (Wildman–Crippen MR) is 71.1 cm³/mol. The molecule has 98 valence electrons. The fourth-order valence-electron chi connectivity index (χ4n) is 2.22. The summed E-state index contributed by atoms with van der Waals surface area (Å²) >= 11 is 0. The predicted octanol–water partition coefficient (Wildman–Crippen LogP) is 1.58. The molecule has 0 amide bonds. The molecule has 2 aromatic rings. The minimum Gasteiger partial charge on any atom is -0.323 e. The molecule has 2 aromatic heterocycles. The van der Waals surface area contributed by atoms with E-state index in [0.717, 1.165) is 30.8 Å². The Morgan fingerprint density at radius 3 is 2.83 bits per heavy atom. The molecule has 0 aromatic carbocycles. The lowest BCUT2D eigenvalue weighted by molar-refractivity contribution is 0.537. The fourth-order valence-corrected chi connectivity index (χ4v) is 2.22. The first-order valence-electron chi connectivity index (χ1n) is 6.38. The molecule has 0 saturated heterocycles. The van der Waals surface area contributed by atoms with Crippen molar-refractivity contribution < 1.29 is 0 Å². The summed E-state index contributed by atoms with van der Waals surface area (Å²) in [5.41, 5.74) is 9.63. The Hall–Kier alpha value is -1.62. The molecule has 2 N–H and O–H groups in total. The van der Waals surface area contributed by atoms with Crippen LogP contribution in [0.25, 0.3) is 0 Å². The molecule has 0 fully saturated rings. The van der Waals surface area contributed by atoms with Crippen molar-refractivity contribution in [3.05, 3.63) is 35.4 Å². The summed E-state index contributed by atoms with van der Waals surface area (Å²) in [5, 5.41) is 8.60. The summed E-state index contributed by atoms with van der Waals surface area (Å²) in [7, 11) is 1.96. The maximum Gasteiger partial charge on any atom is 0.0597 e. The molecule has 2 heterocycles. The third-order valence-corrected chi connectivity index (χ3v) is 3.25. The van der Waals surface area contributed by atoms with E-state index in [4.69, 9.17) is 5.73 Å². The largest absolute Gasteiger partial charge is 0.323 e. The average Bonchev–Trinajstić information content (AvgIpc) is 2.92. The third-order valence-electron chi connectivity index (χ3n) is 3.25. The second-order valence-corrected chi connectivity index (χ2v) is 4.62. The van der Waals surface area contributed by atoms with E-state index in [1.54, 1.807) is 0 Å². The van der Waals surface area contributed by atoms with Crippen LogP contribution >= 0.6 is 0 Å². The zero-order valence-electron chi connectivity index (χ0n) is 11.3. The van der Waals surface area contributed by atoms with Gasteiger partial charge in [-0.15, -0.1) is 0 Å². The number of nitrogens with zero attached hydrogens (tertiary/aromatic N) is 4. The highest BCUT2D eigenvalue weighted by molar-refractivity contribution is 5.13. The molecular formula is C13H21N5. The number of aryl methyl sites for hydroxylation is 4. The van der Waals surface area contributed by atoms with Gasteiger partial charge in [-0.25, -0.2) is 0 Å². The van der Waals surface area contributed by atoms with Gasteiger partial charge in [0.1, 0.15) is 0 Å². The van der Waals surface area contributed by atoms with E-state index in [9.17, 15) is 0 Å².